The van der Waals surface area contributed by atoms with Gasteiger partial charge in [-0.2, -0.15) is 0 Å². The van der Waals surface area contributed by atoms with Crippen molar-refractivity contribution in [1.29, 1.82) is 0 Å². The number of unbranched alkanes of at least 4 members (excludes halogenated alkanes) is 21. The Hall–Kier alpha value is -0.0800. The third-order valence-electron chi connectivity index (χ3n) is 6.47. The molecule has 2 nitrogen and oxygen atoms in total. The van der Waals surface area contributed by atoms with Gasteiger partial charge < -0.3 is 11.1 Å². The average Bonchev–Trinajstić information content (AvgIpc) is 2.81. The van der Waals surface area contributed by atoms with Crippen LogP contribution in [0.1, 0.15) is 175 Å². The van der Waals surface area contributed by atoms with E-state index in [-0.39, 0.29) is 0 Å². The summed E-state index contributed by atoms with van der Waals surface area (Å²) in [4.78, 5) is 0. The molecule has 0 bridgehead atoms. The highest BCUT2D eigenvalue weighted by Gasteiger charge is 1.94. The van der Waals surface area contributed by atoms with Crippen molar-refractivity contribution in [3.63, 3.8) is 0 Å². The summed E-state index contributed by atoms with van der Waals surface area (Å²) in [5.41, 5.74) is 5.39. The van der Waals surface area contributed by atoms with E-state index in [4.69, 9.17) is 5.73 Å². The first-order chi connectivity index (χ1) is 15.8. The third kappa shape index (κ3) is 37.2. The molecule has 0 aliphatic rings. The molecular formula is C30H66N2. The van der Waals surface area contributed by atoms with Gasteiger partial charge in [-0.05, 0) is 38.9 Å². The molecule has 0 saturated carbocycles. The van der Waals surface area contributed by atoms with E-state index >= 15 is 0 Å². The number of hydrogen-bond acceptors (Lipinski definition) is 2. The summed E-state index contributed by atoms with van der Waals surface area (Å²) >= 11 is 0. The predicted molar refractivity (Wildman–Crippen MR) is 150 cm³/mol. The summed E-state index contributed by atoms with van der Waals surface area (Å²) in [6.07, 6.45) is 33.8. The highest BCUT2D eigenvalue weighted by molar-refractivity contribution is 4.52. The Kier molecular flexibility index (Phi) is 37.8. The van der Waals surface area contributed by atoms with Gasteiger partial charge in [0.15, 0.2) is 0 Å². The number of nitrogens with two attached hydrogens (primary N) is 1. The standard InChI is InChI=1S/C20H43N.C10H23N/c1-3-5-7-9-11-13-15-17-19-21-20-18-16-14-12-10-8-6-4-2;1-2-3-4-5-6-7-8-9-10-11/h21H,3-20H2,1-2H3;2-11H2,1H3. The molecule has 0 unspecified atom stereocenters. The molecule has 0 spiro atoms. The van der Waals surface area contributed by atoms with Gasteiger partial charge in [0.1, 0.15) is 0 Å². The smallest absolute Gasteiger partial charge is 0.00489 e. The first kappa shape index (κ1) is 34.1. The maximum Gasteiger partial charge on any atom is -0.00489 e. The molecule has 0 aromatic carbocycles. The fourth-order valence-electron chi connectivity index (χ4n) is 4.17. The van der Waals surface area contributed by atoms with Crippen molar-refractivity contribution in [3.05, 3.63) is 0 Å². The molecule has 2 heteroatoms. The van der Waals surface area contributed by atoms with Crippen LogP contribution in [0, 0.1) is 0 Å². The molecule has 0 aromatic heterocycles. The quantitative estimate of drug-likeness (QED) is 0.128. The molecule has 196 valence electrons. The zero-order valence-electron chi connectivity index (χ0n) is 23.2. The Labute approximate surface area is 205 Å². The fraction of sp³-hybridized carbons (Fsp3) is 1.00. The van der Waals surface area contributed by atoms with Crippen LogP contribution < -0.4 is 11.1 Å². The molecule has 0 radical (unpaired) electrons. The second kappa shape index (κ2) is 35.5. The Morgan fingerprint density at radius 1 is 0.344 bits per heavy atom. The van der Waals surface area contributed by atoms with Crippen LogP contribution in [0.25, 0.3) is 0 Å². The van der Waals surface area contributed by atoms with E-state index < -0.39 is 0 Å². The maximum atomic E-state index is 5.39. The summed E-state index contributed by atoms with van der Waals surface area (Å²) < 4.78 is 0. The molecule has 0 aliphatic carbocycles. The Balaban J connectivity index is 0. The van der Waals surface area contributed by atoms with Crippen molar-refractivity contribution in [1.82, 2.24) is 5.32 Å². The molecule has 32 heavy (non-hydrogen) atoms. The lowest BCUT2D eigenvalue weighted by molar-refractivity contribution is 0.532. The van der Waals surface area contributed by atoms with Gasteiger partial charge in [-0.15, -0.1) is 0 Å². The lowest BCUT2D eigenvalue weighted by Crippen LogP contribution is -2.16. The van der Waals surface area contributed by atoms with Crippen LogP contribution in [0.4, 0.5) is 0 Å². The van der Waals surface area contributed by atoms with Gasteiger partial charge >= 0.3 is 0 Å². The minimum atomic E-state index is 0.870. The van der Waals surface area contributed by atoms with Crippen molar-refractivity contribution >= 4 is 0 Å². The van der Waals surface area contributed by atoms with Crippen LogP contribution in [0.15, 0.2) is 0 Å². The second-order valence-electron chi connectivity index (χ2n) is 9.96. The highest BCUT2D eigenvalue weighted by atomic mass is 14.8. The molecule has 3 N–H and O–H groups in total. The van der Waals surface area contributed by atoms with Crippen molar-refractivity contribution in [2.24, 2.45) is 5.73 Å². The fourth-order valence-corrected chi connectivity index (χ4v) is 4.17. The molecule has 0 rings (SSSR count). The number of rotatable bonds is 26. The van der Waals surface area contributed by atoms with Gasteiger partial charge in [-0.3, -0.25) is 0 Å². The average molecular weight is 455 g/mol. The summed E-state index contributed by atoms with van der Waals surface area (Å²) in [6.45, 7) is 10.2. The minimum absolute atomic E-state index is 0.870. The monoisotopic (exact) mass is 455 g/mol. The Morgan fingerprint density at radius 3 is 0.875 bits per heavy atom. The van der Waals surface area contributed by atoms with Crippen LogP contribution in [0.3, 0.4) is 0 Å². The molecule has 0 aromatic rings. The highest BCUT2D eigenvalue weighted by Crippen LogP contribution is 2.09. The largest absolute Gasteiger partial charge is 0.330 e. The molecule has 0 amide bonds. The molecule has 0 heterocycles. The van der Waals surface area contributed by atoms with E-state index in [9.17, 15) is 0 Å². The van der Waals surface area contributed by atoms with E-state index in [2.05, 4.69) is 26.1 Å². The number of nitrogens with one attached hydrogen (secondary N) is 1. The molecular weight excluding hydrogens is 388 g/mol. The van der Waals surface area contributed by atoms with Crippen LogP contribution >= 0.6 is 0 Å². The molecule has 0 aliphatic heterocycles. The lowest BCUT2D eigenvalue weighted by Gasteiger charge is -2.05. The molecule has 0 atom stereocenters. The van der Waals surface area contributed by atoms with Gasteiger partial charge in [0.05, 0.1) is 0 Å². The summed E-state index contributed by atoms with van der Waals surface area (Å²) in [5.74, 6) is 0. The van der Waals surface area contributed by atoms with Crippen molar-refractivity contribution < 1.29 is 0 Å². The molecule has 0 saturated heterocycles. The first-order valence-electron chi connectivity index (χ1n) is 15.2. The molecule has 0 fully saturated rings. The topological polar surface area (TPSA) is 38.0 Å². The van der Waals surface area contributed by atoms with E-state index in [1.165, 1.54) is 167 Å². The van der Waals surface area contributed by atoms with Crippen molar-refractivity contribution in [2.45, 2.75) is 175 Å². The third-order valence-corrected chi connectivity index (χ3v) is 6.47. The summed E-state index contributed by atoms with van der Waals surface area (Å²) in [7, 11) is 0. The summed E-state index contributed by atoms with van der Waals surface area (Å²) in [6, 6.07) is 0. The van der Waals surface area contributed by atoms with Crippen LogP contribution in [-0.2, 0) is 0 Å². The van der Waals surface area contributed by atoms with Crippen LogP contribution in [0.2, 0.25) is 0 Å². The first-order valence-corrected chi connectivity index (χ1v) is 15.2. The lowest BCUT2D eigenvalue weighted by atomic mass is 10.1. The summed E-state index contributed by atoms with van der Waals surface area (Å²) in [5, 5.41) is 3.61. The van der Waals surface area contributed by atoms with Crippen LogP contribution in [-0.4, -0.2) is 19.6 Å². The normalized spacial score (nSPS) is 10.9. The van der Waals surface area contributed by atoms with E-state index in [1.807, 2.05) is 0 Å². The number of hydrogen-bond donors (Lipinski definition) is 2. The van der Waals surface area contributed by atoms with Gasteiger partial charge in [-0.25, -0.2) is 0 Å². The Morgan fingerprint density at radius 2 is 0.594 bits per heavy atom. The van der Waals surface area contributed by atoms with E-state index in [1.54, 1.807) is 0 Å². The van der Waals surface area contributed by atoms with E-state index in [0.29, 0.717) is 0 Å². The van der Waals surface area contributed by atoms with Crippen molar-refractivity contribution in [3.8, 4) is 0 Å². The van der Waals surface area contributed by atoms with Crippen molar-refractivity contribution in [2.75, 3.05) is 19.6 Å². The minimum Gasteiger partial charge on any atom is -0.330 e. The van der Waals surface area contributed by atoms with Gasteiger partial charge in [-0.1, -0.05) is 156 Å². The maximum absolute atomic E-state index is 5.39. The van der Waals surface area contributed by atoms with Gasteiger partial charge in [0.25, 0.3) is 0 Å². The second-order valence-corrected chi connectivity index (χ2v) is 9.96. The SMILES string of the molecule is CCCCCCCCCCN.CCCCCCCCCCNCCCCCCCCCC. The Bertz CT molecular complexity index is 254. The zero-order chi connectivity index (χ0) is 23.8. The van der Waals surface area contributed by atoms with Gasteiger partial charge in [0.2, 0.25) is 0 Å². The predicted octanol–water partition coefficient (Wildman–Crippen LogP) is 9.94. The van der Waals surface area contributed by atoms with Gasteiger partial charge in [0, 0.05) is 0 Å². The zero-order valence-corrected chi connectivity index (χ0v) is 23.2. The van der Waals surface area contributed by atoms with Crippen LogP contribution in [0.5, 0.6) is 0 Å². The van der Waals surface area contributed by atoms with E-state index in [0.717, 1.165) is 6.54 Å².